The van der Waals surface area contributed by atoms with Gasteiger partial charge in [-0.05, 0) is 41.8 Å². The molecule has 1 amide bonds. The summed E-state index contributed by atoms with van der Waals surface area (Å²) in [6, 6.07) is 13.1. The van der Waals surface area contributed by atoms with E-state index in [1.165, 1.54) is 11.6 Å². The van der Waals surface area contributed by atoms with Crippen molar-refractivity contribution in [2.75, 3.05) is 5.32 Å². The maximum absolute atomic E-state index is 12.6. The second-order valence-corrected chi connectivity index (χ2v) is 7.56. The van der Waals surface area contributed by atoms with Gasteiger partial charge in [-0.15, -0.1) is 10.2 Å². The summed E-state index contributed by atoms with van der Waals surface area (Å²) in [6.07, 6.45) is -1.51. The lowest BCUT2D eigenvalue weighted by Crippen LogP contribution is -2.13. The van der Waals surface area contributed by atoms with E-state index in [-0.39, 0.29) is 22.0 Å². The van der Waals surface area contributed by atoms with Crippen LogP contribution in [0.5, 0.6) is 0 Å². The van der Waals surface area contributed by atoms with E-state index >= 15 is 0 Å². The topological polar surface area (TPSA) is 83.6 Å². The maximum Gasteiger partial charge on any atom is 0.445 e. The van der Waals surface area contributed by atoms with Gasteiger partial charge in [0, 0.05) is 17.6 Å². The van der Waals surface area contributed by atoms with Gasteiger partial charge in [-0.2, -0.15) is 18.4 Å². The van der Waals surface area contributed by atoms with E-state index in [9.17, 15) is 23.2 Å². The van der Waals surface area contributed by atoms with Crippen molar-refractivity contribution in [3.63, 3.8) is 0 Å². The van der Waals surface area contributed by atoms with E-state index in [1.54, 1.807) is 29.0 Å². The minimum Gasteiger partial charge on any atom is -0.317 e. The average Bonchev–Trinajstić information content (AvgIpc) is 3.35. The highest BCUT2D eigenvalue weighted by atomic mass is 32.1. The fraction of sp³-hybridized carbons (Fsp3) is 0.200. The van der Waals surface area contributed by atoms with Crippen LogP contribution in [0.4, 0.5) is 18.3 Å². The molecule has 154 valence electrons. The van der Waals surface area contributed by atoms with Crippen LogP contribution >= 0.6 is 11.3 Å². The van der Waals surface area contributed by atoms with E-state index in [0.29, 0.717) is 11.6 Å². The quantitative estimate of drug-likeness (QED) is 0.454. The number of carbonyl (C=O) groups excluding carboxylic acids is 1. The number of rotatable bonds is 5. The van der Waals surface area contributed by atoms with Crippen LogP contribution in [-0.4, -0.2) is 20.7 Å². The number of hydrogen-bond donors (Lipinski definition) is 1. The number of amides is 1. The van der Waals surface area contributed by atoms with Crippen molar-refractivity contribution in [2.45, 2.75) is 25.9 Å². The maximum atomic E-state index is 12.6. The molecule has 0 atom stereocenters. The van der Waals surface area contributed by atoms with Crippen LogP contribution < -0.4 is 5.32 Å². The highest BCUT2D eigenvalue weighted by molar-refractivity contribution is 7.15. The van der Waals surface area contributed by atoms with Crippen LogP contribution in [0.15, 0.2) is 48.2 Å². The molecule has 2 aromatic heterocycles. The number of nitrogens with one attached hydrogen (secondary N) is 1. The molecule has 3 rings (SSSR count). The van der Waals surface area contributed by atoms with Crippen molar-refractivity contribution in [3.05, 3.63) is 64.4 Å². The average molecular weight is 431 g/mol. The van der Waals surface area contributed by atoms with Gasteiger partial charge < -0.3 is 4.57 Å². The van der Waals surface area contributed by atoms with Crippen molar-refractivity contribution in [1.82, 2.24) is 14.8 Å². The van der Waals surface area contributed by atoms with E-state index < -0.39 is 17.1 Å². The van der Waals surface area contributed by atoms with Gasteiger partial charge in [0.1, 0.15) is 11.6 Å². The van der Waals surface area contributed by atoms with Gasteiger partial charge in [-0.1, -0.05) is 37.3 Å². The van der Waals surface area contributed by atoms with Crippen molar-refractivity contribution >= 4 is 28.5 Å². The minimum absolute atomic E-state index is 0.187. The summed E-state index contributed by atoms with van der Waals surface area (Å²) >= 11 is 0.187. The Labute approximate surface area is 174 Å². The van der Waals surface area contributed by atoms with Gasteiger partial charge in [0.2, 0.25) is 10.1 Å². The molecule has 0 bridgehead atoms. The Morgan fingerprint density at radius 1 is 1.23 bits per heavy atom. The number of anilines is 1. The Hall–Kier alpha value is -3.45. The lowest BCUT2D eigenvalue weighted by atomic mass is 10.0. The number of halogens is 3. The summed E-state index contributed by atoms with van der Waals surface area (Å²) in [4.78, 5) is 12.3. The summed E-state index contributed by atoms with van der Waals surface area (Å²) < 4.78 is 39.6. The Morgan fingerprint density at radius 3 is 2.50 bits per heavy atom. The fourth-order valence-electron chi connectivity index (χ4n) is 2.62. The van der Waals surface area contributed by atoms with Crippen LogP contribution in [0.25, 0.3) is 11.8 Å². The molecule has 0 unspecified atom stereocenters. The van der Waals surface area contributed by atoms with Gasteiger partial charge in [0.25, 0.3) is 5.91 Å². The molecule has 2 heterocycles. The molecule has 0 spiro atoms. The summed E-state index contributed by atoms with van der Waals surface area (Å²) in [7, 11) is 0. The normalized spacial score (nSPS) is 12.1. The zero-order chi connectivity index (χ0) is 21.9. The Morgan fingerprint density at radius 2 is 1.93 bits per heavy atom. The Kier molecular flexibility index (Phi) is 6.03. The lowest BCUT2D eigenvalue weighted by molar-refractivity contribution is -0.138. The van der Waals surface area contributed by atoms with Crippen LogP contribution in [-0.2, 0) is 11.0 Å². The highest BCUT2D eigenvalue weighted by Crippen LogP contribution is 2.33. The SMILES string of the molecule is CC(C)c1ccc(-n2cccc2C=C(C#N)C(=O)Nc2nnc(C(F)(F)F)s2)cc1. The van der Waals surface area contributed by atoms with E-state index in [0.717, 1.165) is 5.69 Å². The third-order valence-electron chi connectivity index (χ3n) is 4.16. The number of nitriles is 1. The summed E-state index contributed by atoms with van der Waals surface area (Å²) in [5.41, 5.74) is 2.30. The number of aromatic nitrogens is 3. The fourth-order valence-corrected chi connectivity index (χ4v) is 3.22. The summed E-state index contributed by atoms with van der Waals surface area (Å²) in [6.45, 7) is 4.18. The van der Waals surface area contributed by atoms with Gasteiger partial charge in [-0.25, -0.2) is 0 Å². The van der Waals surface area contributed by atoms with Crippen molar-refractivity contribution in [1.29, 1.82) is 5.26 Å². The van der Waals surface area contributed by atoms with Gasteiger partial charge in [0.05, 0.1) is 0 Å². The molecular formula is C20H16F3N5OS. The molecule has 1 N–H and O–H groups in total. The number of benzene rings is 1. The smallest absolute Gasteiger partial charge is 0.317 e. The first-order chi connectivity index (χ1) is 14.2. The minimum atomic E-state index is -4.65. The molecule has 0 aliphatic rings. The monoisotopic (exact) mass is 431 g/mol. The number of nitrogens with zero attached hydrogens (tertiary/aromatic N) is 4. The molecule has 3 aromatic rings. The van der Waals surface area contributed by atoms with Gasteiger partial charge in [0.15, 0.2) is 0 Å². The molecule has 0 radical (unpaired) electrons. The standard InChI is InChI=1S/C20H16F3N5OS/c1-12(2)13-5-7-15(8-6-13)28-9-3-4-16(28)10-14(11-24)17(29)25-19-27-26-18(30-19)20(21,22)23/h3-10,12H,1-2H3,(H,25,27,29). The van der Waals surface area contributed by atoms with Gasteiger partial charge in [-0.3, -0.25) is 10.1 Å². The van der Waals surface area contributed by atoms with Crippen molar-refractivity contribution < 1.29 is 18.0 Å². The summed E-state index contributed by atoms with van der Waals surface area (Å²) in [5.74, 6) is -0.486. The molecule has 0 saturated heterocycles. The highest BCUT2D eigenvalue weighted by Gasteiger charge is 2.35. The zero-order valence-electron chi connectivity index (χ0n) is 15.9. The molecule has 30 heavy (non-hydrogen) atoms. The molecule has 0 aliphatic carbocycles. The number of hydrogen-bond acceptors (Lipinski definition) is 5. The van der Waals surface area contributed by atoms with Crippen LogP contribution in [0.1, 0.15) is 36.0 Å². The van der Waals surface area contributed by atoms with E-state index in [2.05, 4.69) is 29.4 Å². The largest absolute Gasteiger partial charge is 0.445 e. The van der Waals surface area contributed by atoms with Crippen LogP contribution in [0.3, 0.4) is 0 Å². The van der Waals surface area contributed by atoms with Gasteiger partial charge >= 0.3 is 6.18 Å². The predicted octanol–water partition coefficient (Wildman–Crippen LogP) is 5.02. The second kappa shape index (κ2) is 8.51. The van der Waals surface area contributed by atoms with Crippen LogP contribution in [0.2, 0.25) is 0 Å². The third kappa shape index (κ3) is 4.75. The van der Waals surface area contributed by atoms with Crippen molar-refractivity contribution in [3.8, 4) is 11.8 Å². The number of alkyl halides is 3. The first-order valence-corrected chi connectivity index (χ1v) is 9.62. The second-order valence-electron chi connectivity index (χ2n) is 6.58. The third-order valence-corrected chi connectivity index (χ3v) is 5.05. The lowest BCUT2D eigenvalue weighted by Gasteiger charge is -2.10. The Balaban J connectivity index is 1.83. The molecule has 6 nitrogen and oxygen atoms in total. The predicted molar refractivity (Wildman–Crippen MR) is 107 cm³/mol. The molecule has 0 fully saturated rings. The molecule has 0 aliphatic heterocycles. The van der Waals surface area contributed by atoms with E-state index in [4.69, 9.17) is 0 Å². The molecule has 10 heteroatoms. The first kappa shape index (κ1) is 21.3. The Bertz CT molecular complexity index is 1120. The van der Waals surface area contributed by atoms with Crippen LogP contribution in [0, 0.1) is 11.3 Å². The zero-order valence-corrected chi connectivity index (χ0v) is 16.8. The first-order valence-electron chi connectivity index (χ1n) is 8.80. The molecular weight excluding hydrogens is 415 g/mol. The van der Waals surface area contributed by atoms with E-state index in [1.807, 2.05) is 24.3 Å². The van der Waals surface area contributed by atoms with Crippen molar-refractivity contribution in [2.24, 2.45) is 0 Å². The summed E-state index contributed by atoms with van der Waals surface area (Å²) in [5, 5.41) is 16.3. The molecule has 0 saturated carbocycles. The molecule has 1 aromatic carbocycles. The number of carbonyl (C=O) groups is 1.